The maximum absolute atomic E-state index is 11.8. The fourth-order valence-electron chi connectivity index (χ4n) is 2.70. The highest BCUT2D eigenvalue weighted by molar-refractivity contribution is 7.97. The Bertz CT molecular complexity index is 810. The molecule has 0 bridgehead atoms. The van der Waals surface area contributed by atoms with Crippen molar-refractivity contribution in [2.24, 2.45) is 11.1 Å². The highest BCUT2D eigenvalue weighted by Gasteiger charge is 2.21. The SMILES string of the molecule is CC(C)CSN1CCN(c2cc(S(N)(=O)=O)cc3cncn23)CC1. The first-order valence-electron chi connectivity index (χ1n) is 7.96. The number of hydrogen-bond donors (Lipinski definition) is 1. The third kappa shape index (κ3) is 3.85. The Morgan fingerprint density at radius 1 is 1.25 bits per heavy atom. The van der Waals surface area contributed by atoms with Crippen molar-refractivity contribution in [2.45, 2.75) is 18.7 Å². The molecule has 1 aliphatic heterocycles. The minimum absolute atomic E-state index is 0.127. The van der Waals surface area contributed by atoms with Gasteiger partial charge in [-0.05, 0) is 18.1 Å². The highest BCUT2D eigenvalue weighted by Crippen LogP contribution is 2.25. The number of nitrogens with zero attached hydrogens (tertiary/aromatic N) is 4. The van der Waals surface area contributed by atoms with Gasteiger partial charge in [0.25, 0.3) is 0 Å². The van der Waals surface area contributed by atoms with Crippen molar-refractivity contribution in [3.63, 3.8) is 0 Å². The monoisotopic (exact) mass is 369 g/mol. The largest absolute Gasteiger partial charge is 0.355 e. The number of sulfonamides is 1. The second-order valence-electron chi connectivity index (χ2n) is 6.39. The Hall–Kier alpha value is -1.29. The van der Waals surface area contributed by atoms with Gasteiger partial charge >= 0.3 is 0 Å². The Labute approximate surface area is 147 Å². The van der Waals surface area contributed by atoms with E-state index in [1.807, 2.05) is 16.3 Å². The van der Waals surface area contributed by atoms with Crippen LogP contribution in [-0.4, -0.2) is 54.0 Å². The zero-order valence-electron chi connectivity index (χ0n) is 13.9. The minimum Gasteiger partial charge on any atom is -0.355 e. The molecule has 132 valence electrons. The molecule has 0 saturated carbocycles. The van der Waals surface area contributed by atoms with Crippen LogP contribution in [0.2, 0.25) is 0 Å². The van der Waals surface area contributed by atoms with Gasteiger partial charge in [0.05, 0.1) is 16.6 Å². The van der Waals surface area contributed by atoms with Crippen molar-refractivity contribution in [1.82, 2.24) is 13.7 Å². The molecular formula is C15H23N5O2S2. The smallest absolute Gasteiger partial charge is 0.238 e. The molecule has 3 rings (SSSR count). The molecule has 9 heteroatoms. The quantitative estimate of drug-likeness (QED) is 0.802. The second kappa shape index (κ2) is 6.91. The van der Waals surface area contributed by atoms with Gasteiger partial charge in [-0.2, -0.15) is 0 Å². The van der Waals surface area contributed by atoms with Gasteiger partial charge in [-0.3, -0.25) is 4.40 Å². The average Bonchev–Trinajstić information content (AvgIpc) is 3.00. The molecule has 0 radical (unpaired) electrons. The van der Waals surface area contributed by atoms with Crippen LogP contribution < -0.4 is 10.0 Å². The molecule has 0 atom stereocenters. The number of nitrogens with two attached hydrogens (primary N) is 1. The topological polar surface area (TPSA) is 83.9 Å². The van der Waals surface area contributed by atoms with Crippen LogP contribution in [0, 0.1) is 5.92 Å². The van der Waals surface area contributed by atoms with Crippen molar-refractivity contribution < 1.29 is 8.42 Å². The predicted octanol–water partition coefficient (Wildman–Crippen LogP) is 1.41. The van der Waals surface area contributed by atoms with E-state index in [4.69, 9.17) is 5.14 Å². The third-order valence-corrected chi connectivity index (χ3v) is 6.40. The number of aromatic nitrogens is 2. The minimum atomic E-state index is -3.74. The zero-order chi connectivity index (χ0) is 17.3. The first-order valence-corrected chi connectivity index (χ1v) is 10.4. The van der Waals surface area contributed by atoms with Gasteiger partial charge in [0.15, 0.2) is 0 Å². The highest BCUT2D eigenvalue weighted by atomic mass is 32.2. The summed E-state index contributed by atoms with van der Waals surface area (Å²) in [5.41, 5.74) is 0.730. The lowest BCUT2D eigenvalue weighted by atomic mass is 10.3. The van der Waals surface area contributed by atoms with Crippen molar-refractivity contribution in [2.75, 3.05) is 36.8 Å². The van der Waals surface area contributed by atoms with Crippen LogP contribution in [0.1, 0.15) is 13.8 Å². The number of primary sulfonamides is 1. The molecule has 2 N–H and O–H groups in total. The van der Waals surface area contributed by atoms with Crippen LogP contribution in [0.4, 0.5) is 5.82 Å². The lowest BCUT2D eigenvalue weighted by Crippen LogP contribution is -2.44. The Kier molecular flexibility index (Phi) is 5.05. The molecule has 0 spiro atoms. The molecule has 24 heavy (non-hydrogen) atoms. The summed E-state index contributed by atoms with van der Waals surface area (Å²) < 4.78 is 27.8. The van der Waals surface area contributed by atoms with Gasteiger partial charge < -0.3 is 4.90 Å². The van der Waals surface area contributed by atoms with E-state index in [0.29, 0.717) is 5.92 Å². The molecule has 2 aromatic heterocycles. The molecule has 2 aromatic rings. The molecule has 1 saturated heterocycles. The first-order chi connectivity index (χ1) is 11.3. The van der Waals surface area contributed by atoms with E-state index in [0.717, 1.165) is 43.3 Å². The number of imidazole rings is 1. The van der Waals surface area contributed by atoms with E-state index in [2.05, 4.69) is 28.0 Å². The number of piperazine rings is 1. The van der Waals surface area contributed by atoms with E-state index in [9.17, 15) is 8.42 Å². The first kappa shape index (κ1) is 17.5. The van der Waals surface area contributed by atoms with Gasteiger partial charge in [0.1, 0.15) is 12.1 Å². The van der Waals surface area contributed by atoms with E-state index >= 15 is 0 Å². The van der Waals surface area contributed by atoms with Crippen molar-refractivity contribution in [3.05, 3.63) is 24.7 Å². The standard InChI is InChI=1S/C15H23N5O2S2/c1-12(2)10-23-19-5-3-18(4-6-19)15-8-14(24(16,21)22)7-13-9-17-11-20(13)15/h7-9,11-12H,3-6,10H2,1-2H3,(H2,16,21,22). The number of rotatable bonds is 5. The lowest BCUT2D eigenvalue weighted by molar-refractivity contribution is 0.426. The van der Waals surface area contributed by atoms with Gasteiger partial charge in [-0.15, -0.1) is 0 Å². The number of anilines is 1. The van der Waals surface area contributed by atoms with Crippen molar-refractivity contribution in [1.29, 1.82) is 0 Å². The molecule has 7 nitrogen and oxygen atoms in total. The van der Waals surface area contributed by atoms with Crippen LogP contribution in [-0.2, 0) is 10.0 Å². The maximum Gasteiger partial charge on any atom is 0.238 e. The molecule has 0 aliphatic carbocycles. The normalized spacial score (nSPS) is 17.1. The van der Waals surface area contributed by atoms with E-state index < -0.39 is 10.0 Å². The Morgan fingerprint density at radius 3 is 2.58 bits per heavy atom. The summed E-state index contributed by atoms with van der Waals surface area (Å²) >= 11 is 1.89. The fraction of sp³-hybridized carbons (Fsp3) is 0.533. The fourth-order valence-corrected chi connectivity index (χ4v) is 4.18. The van der Waals surface area contributed by atoms with Crippen LogP contribution in [0.25, 0.3) is 5.52 Å². The summed E-state index contributed by atoms with van der Waals surface area (Å²) in [7, 11) is -3.74. The zero-order valence-corrected chi connectivity index (χ0v) is 15.6. The summed E-state index contributed by atoms with van der Waals surface area (Å²) in [4.78, 5) is 6.45. The Morgan fingerprint density at radius 2 is 1.96 bits per heavy atom. The van der Waals surface area contributed by atoms with Gasteiger partial charge in [0.2, 0.25) is 10.0 Å². The van der Waals surface area contributed by atoms with E-state index in [-0.39, 0.29) is 4.90 Å². The van der Waals surface area contributed by atoms with Crippen LogP contribution in [0.3, 0.4) is 0 Å². The Balaban J connectivity index is 1.81. The molecular weight excluding hydrogens is 346 g/mol. The summed E-state index contributed by atoms with van der Waals surface area (Å²) in [5.74, 6) is 2.61. The molecule has 0 aromatic carbocycles. The maximum atomic E-state index is 11.8. The van der Waals surface area contributed by atoms with Crippen LogP contribution in [0.5, 0.6) is 0 Å². The predicted molar refractivity (Wildman–Crippen MR) is 97.6 cm³/mol. The second-order valence-corrected chi connectivity index (χ2v) is 9.06. The number of hydrogen-bond acceptors (Lipinski definition) is 6. The molecule has 1 aliphatic rings. The average molecular weight is 370 g/mol. The number of pyridine rings is 1. The van der Waals surface area contributed by atoms with Gasteiger partial charge in [-0.25, -0.2) is 22.8 Å². The molecule has 0 amide bonds. The van der Waals surface area contributed by atoms with Gasteiger partial charge in [-0.1, -0.05) is 25.8 Å². The lowest BCUT2D eigenvalue weighted by Gasteiger charge is -2.35. The van der Waals surface area contributed by atoms with E-state index in [1.54, 1.807) is 24.7 Å². The molecule has 0 unspecified atom stereocenters. The van der Waals surface area contributed by atoms with Crippen molar-refractivity contribution in [3.8, 4) is 0 Å². The summed E-state index contributed by atoms with van der Waals surface area (Å²) in [6.07, 6.45) is 3.35. The number of fused-ring (bicyclic) bond motifs is 1. The summed E-state index contributed by atoms with van der Waals surface area (Å²) in [5, 5.41) is 5.32. The molecule has 1 fully saturated rings. The van der Waals surface area contributed by atoms with Crippen molar-refractivity contribution >= 4 is 33.3 Å². The summed E-state index contributed by atoms with van der Waals surface area (Å²) in [6.45, 7) is 7.99. The van der Waals surface area contributed by atoms with Crippen LogP contribution in [0.15, 0.2) is 29.6 Å². The molecule has 3 heterocycles. The summed E-state index contributed by atoms with van der Waals surface area (Å²) in [6, 6.07) is 3.20. The van der Waals surface area contributed by atoms with E-state index in [1.165, 1.54) is 0 Å². The van der Waals surface area contributed by atoms with Crippen LogP contribution >= 0.6 is 11.9 Å². The van der Waals surface area contributed by atoms with Gasteiger partial charge in [0, 0.05) is 31.9 Å². The third-order valence-electron chi connectivity index (χ3n) is 3.96.